The molecule has 1 fully saturated rings. The second kappa shape index (κ2) is 8.95. The number of hydrogen-bond acceptors (Lipinski definition) is 5. The fourth-order valence-electron chi connectivity index (χ4n) is 4.70. The number of rotatable bonds is 4. The number of nitrogens with zero attached hydrogens (tertiary/aromatic N) is 2. The number of phenolic OH excluding ortho intramolecular Hbond substituents is 1. The van der Waals surface area contributed by atoms with Gasteiger partial charge < -0.3 is 14.7 Å². The number of aryl methyl sites for hydroxylation is 2. The Labute approximate surface area is 198 Å². The van der Waals surface area contributed by atoms with Crippen molar-refractivity contribution in [3.05, 3.63) is 94.0 Å². The number of allylic oxidation sites excluding steroid dienone is 1. The summed E-state index contributed by atoms with van der Waals surface area (Å²) in [5.41, 5.74) is 4.40. The van der Waals surface area contributed by atoms with Gasteiger partial charge in [-0.2, -0.15) is 0 Å². The first-order valence-corrected chi connectivity index (χ1v) is 11.5. The van der Waals surface area contributed by atoms with Gasteiger partial charge in [-0.05, 0) is 54.8 Å². The van der Waals surface area contributed by atoms with E-state index in [1.807, 2.05) is 49.1 Å². The number of benzene rings is 3. The Kier molecular flexibility index (Phi) is 5.84. The molecular formula is C28H27FN2O3. The van der Waals surface area contributed by atoms with Gasteiger partial charge in [0.25, 0.3) is 0 Å². The maximum atomic E-state index is 14.2. The van der Waals surface area contributed by atoms with Crippen LogP contribution >= 0.6 is 0 Å². The zero-order valence-electron chi connectivity index (χ0n) is 19.3. The number of para-hydroxylation sites is 1. The first-order chi connectivity index (χ1) is 16.4. The molecule has 0 bridgehead atoms. The van der Waals surface area contributed by atoms with Crippen molar-refractivity contribution in [2.75, 3.05) is 31.1 Å². The van der Waals surface area contributed by atoms with Crippen LogP contribution in [0.2, 0.25) is 0 Å². The minimum atomic E-state index is -0.218. The van der Waals surface area contributed by atoms with E-state index in [0.29, 0.717) is 60.9 Å². The molecule has 3 aromatic carbocycles. The molecule has 0 unspecified atom stereocenters. The molecule has 5 rings (SSSR count). The number of phenols is 1. The lowest BCUT2D eigenvalue weighted by Gasteiger charge is -2.36. The number of ketones is 1. The van der Waals surface area contributed by atoms with Crippen LogP contribution in [0.4, 0.5) is 10.1 Å². The molecular weight excluding hydrogens is 431 g/mol. The van der Waals surface area contributed by atoms with E-state index < -0.39 is 0 Å². The van der Waals surface area contributed by atoms with Gasteiger partial charge in [0.2, 0.25) is 5.78 Å². The van der Waals surface area contributed by atoms with Crippen LogP contribution in [0, 0.1) is 19.7 Å². The number of anilines is 1. The van der Waals surface area contributed by atoms with Gasteiger partial charge in [0, 0.05) is 32.7 Å². The molecule has 0 atom stereocenters. The van der Waals surface area contributed by atoms with Crippen molar-refractivity contribution in [3.8, 4) is 11.5 Å². The molecule has 0 radical (unpaired) electrons. The molecule has 1 saturated heterocycles. The van der Waals surface area contributed by atoms with E-state index in [-0.39, 0.29) is 23.1 Å². The first kappa shape index (κ1) is 22.2. The van der Waals surface area contributed by atoms with Crippen LogP contribution in [0.15, 0.2) is 60.4 Å². The standard InChI is InChI=1S/C28H27FN2O3/c1-18-7-3-4-8-20(18)16-25-27(33)26-19(2)15-24(32)21(28(26)34-25)17-30-11-13-31(14-12-30)23-10-6-5-9-22(23)29/h3-10,15-16,32H,11-14,17H2,1-2H3/b25-16-. The normalized spacial score (nSPS) is 17.2. The van der Waals surface area contributed by atoms with Crippen molar-refractivity contribution in [2.24, 2.45) is 0 Å². The van der Waals surface area contributed by atoms with E-state index in [0.717, 1.165) is 11.1 Å². The molecule has 1 N–H and O–H groups in total. The SMILES string of the molecule is Cc1ccccc1/C=C1\Oc2c(CN3CCN(c4ccccc4F)CC3)c(O)cc(C)c2C1=O. The molecule has 0 amide bonds. The van der Waals surface area contributed by atoms with Crippen LogP contribution in [0.25, 0.3) is 6.08 Å². The summed E-state index contributed by atoms with van der Waals surface area (Å²) in [4.78, 5) is 17.4. The lowest BCUT2D eigenvalue weighted by molar-refractivity contribution is 0.101. The van der Waals surface area contributed by atoms with E-state index in [4.69, 9.17) is 4.74 Å². The van der Waals surface area contributed by atoms with Crippen molar-refractivity contribution in [2.45, 2.75) is 20.4 Å². The van der Waals surface area contributed by atoms with Crippen LogP contribution in [0.1, 0.15) is 32.6 Å². The minimum Gasteiger partial charge on any atom is -0.507 e. The van der Waals surface area contributed by atoms with Crippen LogP contribution in [-0.4, -0.2) is 42.0 Å². The van der Waals surface area contributed by atoms with Crippen molar-refractivity contribution >= 4 is 17.5 Å². The number of piperazine rings is 1. The summed E-state index contributed by atoms with van der Waals surface area (Å²) in [5.74, 6) is 0.450. The second-order valence-electron chi connectivity index (χ2n) is 8.91. The third-order valence-corrected chi connectivity index (χ3v) is 6.64. The Morgan fingerprint density at radius 1 is 1.00 bits per heavy atom. The lowest BCUT2D eigenvalue weighted by Crippen LogP contribution is -2.46. The van der Waals surface area contributed by atoms with Gasteiger partial charge in [0.15, 0.2) is 5.76 Å². The smallest absolute Gasteiger partial charge is 0.232 e. The van der Waals surface area contributed by atoms with Crippen LogP contribution in [-0.2, 0) is 6.54 Å². The van der Waals surface area contributed by atoms with Gasteiger partial charge in [-0.25, -0.2) is 4.39 Å². The van der Waals surface area contributed by atoms with Crippen LogP contribution in [0.5, 0.6) is 11.5 Å². The van der Waals surface area contributed by atoms with E-state index in [9.17, 15) is 14.3 Å². The van der Waals surface area contributed by atoms with E-state index in [2.05, 4.69) is 4.90 Å². The summed E-state index contributed by atoms with van der Waals surface area (Å²) in [7, 11) is 0. The summed E-state index contributed by atoms with van der Waals surface area (Å²) in [6.07, 6.45) is 1.77. The number of hydrogen-bond donors (Lipinski definition) is 1. The van der Waals surface area contributed by atoms with Crippen molar-refractivity contribution in [3.63, 3.8) is 0 Å². The highest BCUT2D eigenvalue weighted by atomic mass is 19.1. The fourth-order valence-corrected chi connectivity index (χ4v) is 4.70. The Morgan fingerprint density at radius 2 is 1.71 bits per heavy atom. The summed E-state index contributed by atoms with van der Waals surface area (Å²) >= 11 is 0. The third kappa shape index (κ3) is 4.05. The van der Waals surface area contributed by atoms with Gasteiger partial charge >= 0.3 is 0 Å². The highest BCUT2D eigenvalue weighted by Gasteiger charge is 2.34. The minimum absolute atomic E-state index is 0.123. The largest absolute Gasteiger partial charge is 0.507 e. The molecule has 2 heterocycles. The fraction of sp³-hybridized carbons (Fsp3) is 0.250. The Morgan fingerprint density at radius 3 is 2.44 bits per heavy atom. The summed E-state index contributed by atoms with van der Waals surface area (Å²) < 4.78 is 20.3. The summed E-state index contributed by atoms with van der Waals surface area (Å²) in [6, 6.07) is 16.3. The molecule has 6 heteroatoms. The van der Waals surface area contributed by atoms with Crippen molar-refractivity contribution in [1.82, 2.24) is 4.90 Å². The number of aromatic hydroxyl groups is 1. The molecule has 5 nitrogen and oxygen atoms in total. The average molecular weight is 459 g/mol. The van der Waals surface area contributed by atoms with Gasteiger partial charge in [-0.3, -0.25) is 9.69 Å². The zero-order chi connectivity index (χ0) is 23.8. The number of carbonyl (C=O) groups excluding carboxylic acids is 1. The van der Waals surface area contributed by atoms with Gasteiger partial charge in [-0.1, -0.05) is 36.4 Å². The van der Waals surface area contributed by atoms with Crippen LogP contribution in [0.3, 0.4) is 0 Å². The number of carbonyl (C=O) groups is 1. The number of ether oxygens (including phenoxy) is 1. The van der Waals surface area contributed by atoms with Gasteiger partial charge in [0.1, 0.15) is 17.3 Å². The quantitative estimate of drug-likeness (QED) is 0.552. The number of halogens is 1. The highest BCUT2D eigenvalue weighted by Crippen LogP contribution is 2.42. The molecule has 34 heavy (non-hydrogen) atoms. The lowest BCUT2D eigenvalue weighted by atomic mass is 9.98. The molecule has 0 aliphatic carbocycles. The van der Waals surface area contributed by atoms with Crippen molar-refractivity contribution < 1.29 is 19.0 Å². The Balaban J connectivity index is 1.38. The van der Waals surface area contributed by atoms with Gasteiger partial charge in [0.05, 0.1) is 16.8 Å². The maximum Gasteiger partial charge on any atom is 0.232 e. The monoisotopic (exact) mass is 458 g/mol. The Bertz CT molecular complexity index is 1290. The van der Waals surface area contributed by atoms with E-state index in [1.165, 1.54) is 6.07 Å². The first-order valence-electron chi connectivity index (χ1n) is 11.5. The molecule has 3 aromatic rings. The third-order valence-electron chi connectivity index (χ3n) is 6.64. The predicted molar refractivity (Wildman–Crippen MR) is 131 cm³/mol. The zero-order valence-corrected chi connectivity index (χ0v) is 19.3. The number of Topliss-reactive ketones (excluding diaryl/α,β-unsaturated/α-hetero) is 1. The molecule has 0 spiro atoms. The molecule has 0 saturated carbocycles. The molecule has 2 aliphatic heterocycles. The van der Waals surface area contributed by atoms with Crippen molar-refractivity contribution in [1.29, 1.82) is 0 Å². The maximum absolute atomic E-state index is 14.2. The second-order valence-corrected chi connectivity index (χ2v) is 8.91. The molecule has 174 valence electrons. The molecule has 2 aliphatic rings. The Hall–Kier alpha value is -3.64. The van der Waals surface area contributed by atoms with E-state index >= 15 is 0 Å². The highest BCUT2D eigenvalue weighted by molar-refractivity contribution is 6.16. The summed E-state index contributed by atoms with van der Waals surface area (Å²) in [5, 5.41) is 10.8. The predicted octanol–water partition coefficient (Wildman–Crippen LogP) is 5.09. The average Bonchev–Trinajstić information content (AvgIpc) is 3.15. The summed E-state index contributed by atoms with van der Waals surface area (Å²) in [6.45, 7) is 7.01. The van der Waals surface area contributed by atoms with Crippen LogP contribution < -0.4 is 9.64 Å². The van der Waals surface area contributed by atoms with E-state index in [1.54, 1.807) is 24.3 Å². The molecule has 0 aromatic heterocycles. The van der Waals surface area contributed by atoms with Gasteiger partial charge in [-0.15, -0.1) is 0 Å². The number of fused-ring (bicyclic) bond motifs is 1. The topological polar surface area (TPSA) is 53.0 Å².